The van der Waals surface area contributed by atoms with E-state index >= 15 is 0 Å². The monoisotopic (exact) mass is 273 g/mol. The fourth-order valence-electron chi connectivity index (χ4n) is 1.96. The first-order chi connectivity index (χ1) is 8.40. The molecule has 1 saturated heterocycles. The van der Waals surface area contributed by atoms with Crippen LogP contribution >= 0.6 is 0 Å². The summed E-state index contributed by atoms with van der Waals surface area (Å²) >= 11 is 0. The summed E-state index contributed by atoms with van der Waals surface area (Å²) in [5, 5.41) is 18.0. The molecule has 8 heteroatoms. The van der Waals surface area contributed by atoms with Crippen molar-refractivity contribution in [2.75, 3.05) is 12.3 Å². The summed E-state index contributed by atoms with van der Waals surface area (Å²) in [7, 11) is -5.12. The van der Waals surface area contributed by atoms with Crippen molar-refractivity contribution in [3.63, 3.8) is 0 Å². The highest BCUT2D eigenvalue weighted by Crippen LogP contribution is 2.17. The summed E-state index contributed by atoms with van der Waals surface area (Å²) in [5.74, 6) is -0.595. The first-order valence-corrected chi connectivity index (χ1v) is 7.13. The van der Waals surface area contributed by atoms with E-state index in [9.17, 15) is 12.8 Å². The molecule has 0 aliphatic carbocycles. The molecule has 0 radical (unpaired) electrons. The molecule has 0 amide bonds. The highest BCUT2D eigenvalue weighted by atomic mass is 32.2. The van der Waals surface area contributed by atoms with Crippen molar-refractivity contribution < 1.29 is 22.9 Å². The molecule has 0 spiro atoms. The molecule has 1 aromatic rings. The zero-order chi connectivity index (χ0) is 13.3. The largest absolute Gasteiger partial charge is 0.491 e. The average molecular weight is 273 g/mol. The topological polar surface area (TPSA) is 77.8 Å². The lowest BCUT2D eigenvalue weighted by Crippen LogP contribution is -2.34. The van der Waals surface area contributed by atoms with E-state index in [-0.39, 0.29) is 17.8 Å². The quantitative estimate of drug-likeness (QED) is 0.695. The van der Waals surface area contributed by atoms with Crippen molar-refractivity contribution in [1.82, 2.24) is 4.31 Å². The lowest BCUT2D eigenvalue weighted by atomic mass is 9.79. The molecule has 1 aliphatic rings. The molecule has 5 nitrogen and oxygen atoms in total. The van der Waals surface area contributed by atoms with Crippen LogP contribution in [0.3, 0.4) is 0 Å². The molecular formula is C10H13BFNO4S. The fourth-order valence-corrected chi connectivity index (χ4v) is 3.47. The van der Waals surface area contributed by atoms with E-state index in [0.29, 0.717) is 18.5 Å². The smallest absolute Gasteiger partial charge is 0.423 e. The fraction of sp³-hybridized carbons (Fsp3) is 0.400. The van der Waals surface area contributed by atoms with Gasteiger partial charge in [-0.05, 0) is 18.1 Å². The van der Waals surface area contributed by atoms with Crippen LogP contribution in [0.1, 0.15) is 12.0 Å². The average Bonchev–Trinajstić information content (AvgIpc) is 2.60. The number of nitrogens with zero attached hydrogens (tertiary/aromatic N) is 1. The summed E-state index contributed by atoms with van der Waals surface area (Å²) < 4.78 is 37.8. The Bertz CT molecular complexity index is 549. The van der Waals surface area contributed by atoms with Gasteiger partial charge in [-0.25, -0.2) is 12.8 Å². The van der Waals surface area contributed by atoms with E-state index in [4.69, 9.17) is 10.0 Å². The van der Waals surface area contributed by atoms with E-state index in [1.807, 2.05) is 0 Å². The highest BCUT2D eigenvalue weighted by molar-refractivity contribution is 7.89. The molecule has 1 aromatic carbocycles. The number of hydrogen-bond acceptors (Lipinski definition) is 4. The SMILES string of the molecule is O=S1(=O)CCCN1Cc1ccc(F)c(B(O)O)c1. The minimum atomic E-state index is -3.21. The highest BCUT2D eigenvalue weighted by Gasteiger charge is 2.28. The lowest BCUT2D eigenvalue weighted by Gasteiger charge is -2.15. The van der Waals surface area contributed by atoms with Gasteiger partial charge in [0, 0.05) is 18.6 Å². The van der Waals surface area contributed by atoms with E-state index in [1.165, 1.54) is 16.4 Å². The van der Waals surface area contributed by atoms with Gasteiger partial charge in [0.05, 0.1) is 5.75 Å². The Kier molecular flexibility index (Phi) is 3.72. The van der Waals surface area contributed by atoms with E-state index < -0.39 is 23.0 Å². The molecule has 2 N–H and O–H groups in total. The Morgan fingerprint density at radius 2 is 2.11 bits per heavy atom. The Balaban J connectivity index is 2.22. The Hall–Kier alpha value is -0.955. The molecule has 2 rings (SSSR count). The maximum atomic E-state index is 13.2. The van der Waals surface area contributed by atoms with E-state index in [1.54, 1.807) is 0 Å². The van der Waals surface area contributed by atoms with Crippen LogP contribution in [0.4, 0.5) is 4.39 Å². The van der Waals surface area contributed by atoms with Crippen LogP contribution in [0.2, 0.25) is 0 Å². The number of rotatable bonds is 3. The number of sulfonamides is 1. The Morgan fingerprint density at radius 3 is 2.67 bits per heavy atom. The minimum absolute atomic E-state index is 0.127. The normalized spacial score (nSPS) is 19.1. The van der Waals surface area contributed by atoms with Crippen molar-refractivity contribution in [2.45, 2.75) is 13.0 Å². The van der Waals surface area contributed by atoms with Crippen molar-refractivity contribution >= 4 is 22.6 Å². The predicted molar refractivity (Wildman–Crippen MR) is 65.0 cm³/mol. The van der Waals surface area contributed by atoms with Crippen LogP contribution in [0.5, 0.6) is 0 Å². The summed E-state index contributed by atoms with van der Waals surface area (Å²) in [4.78, 5) is 0. The van der Waals surface area contributed by atoms with Gasteiger partial charge < -0.3 is 10.0 Å². The van der Waals surface area contributed by atoms with Crippen LogP contribution in [0.15, 0.2) is 18.2 Å². The molecule has 0 atom stereocenters. The molecular weight excluding hydrogens is 260 g/mol. The second-order valence-corrected chi connectivity index (χ2v) is 6.32. The standard InChI is InChI=1S/C10H13BFNO4S/c12-10-3-2-8(6-9(10)11(14)15)7-13-4-1-5-18(13,16)17/h2-3,6,14-15H,1,4-5,7H2. The molecule has 98 valence electrons. The molecule has 0 bridgehead atoms. The van der Waals surface area contributed by atoms with Gasteiger partial charge in [-0.1, -0.05) is 12.1 Å². The van der Waals surface area contributed by atoms with Crippen LogP contribution < -0.4 is 5.46 Å². The summed E-state index contributed by atoms with van der Waals surface area (Å²) in [6.07, 6.45) is 0.582. The minimum Gasteiger partial charge on any atom is -0.423 e. The zero-order valence-corrected chi connectivity index (χ0v) is 10.4. The number of hydrogen-bond donors (Lipinski definition) is 2. The van der Waals surface area contributed by atoms with Crippen molar-refractivity contribution in [3.05, 3.63) is 29.6 Å². The molecule has 1 fully saturated rings. The predicted octanol–water partition coefficient (Wildman–Crippen LogP) is -0.959. The summed E-state index contributed by atoms with van der Waals surface area (Å²) in [5.41, 5.74) is 0.286. The van der Waals surface area contributed by atoms with Gasteiger partial charge in [-0.2, -0.15) is 4.31 Å². The molecule has 1 heterocycles. The van der Waals surface area contributed by atoms with E-state index in [0.717, 1.165) is 6.07 Å². The second-order valence-electron chi connectivity index (χ2n) is 4.23. The third-order valence-electron chi connectivity index (χ3n) is 2.90. The van der Waals surface area contributed by atoms with Gasteiger partial charge in [0.2, 0.25) is 10.0 Å². The van der Waals surface area contributed by atoms with Gasteiger partial charge >= 0.3 is 7.12 Å². The molecule has 0 saturated carbocycles. The van der Waals surface area contributed by atoms with Crippen molar-refractivity contribution in [2.24, 2.45) is 0 Å². The first kappa shape index (κ1) is 13.5. The maximum Gasteiger partial charge on any atom is 0.491 e. The van der Waals surface area contributed by atoms with Gasteiger partial charge in [-0.15, -0.1) is 0 Å². The number of halogens is 1. The van der Waals surface area contributed by atoms with Crippen LogP contribution in [0, 0.1) is 5.82 Å². The van der Waals surface area contributed by atoms with Gasteiger partial charge in [0.15, 0.2) is 0 Å². The van der Waals surface area contributed by atoms with Crippen molar-refractivity contribution in [1.29, 1.82) is 0 Å². The zero-order valence-electron chi connectivity index (χ0n) is 9.58. The molecule has 0 aromatic heterocycles. The van der Waals surface area contributed by atoms with E-state index in [2.05, 4.69) is 0 Å². The van der Waals surface area contributed by atoms with Gasteiger partial charge in [-0.3, -0.25) is 0 Å². The second kappa shape index (κ2) is 4.97. The molecule has 0 unspecified atom stereocenters. The number of benzene rings is 1. The Labute approximate surface area is 105 Å². The van der Waals surface area contributed by atoms with Crippen LogP contribution in [0.25, 0.3) is 0 Å². The molecule has 18 heavy (non-hydrogen) atoms. The lowest BCUT2D eigenvalue weighted by molar-refractivity contribution is 0.422. The van der Waals surface area contributed by atoms with Crippen LogP contribution in [-0.2, 0) is 16.6 Å². The van der Waals surface area contributed by atoms with Gasteiger partial charge in [0.25, 0.3) is 0 Å². The maximum absolute atomic E-state index is 13.2. The van der Waals surface area contributed by atoms with Gasteiger partial charge in [0.1, 0.15) is 5.82 Å². The Morgan fingerprint density at radius 1 is 1.39 bits per heavy atom. The third kappa shape index (κ3) is 2.72. The first-order valence-electron chi connectivity index (χ1n) is 5.52. The summed E-state index contributed by atoms with van der Waals surface area (Å²) in [6, 6.07) is 3.82. The van der Waals surface area contributed by atoms with Crippen molar-refractivity contribution in [3.8, 4) is 0 Å². The van der Waals surface area contributed by atoms with Crippen LogP contribution in [-0.4, -0.2) is 42.2 Å². The summed E-state index contributed by atoms with van der Waals surface area (Å²) in [6.45, 7) is 0.569. The third-order valence-corrected chi connectivity index (χ3v) is 4.80. The molecule has 1 aliphatic heterocycles.